The summed E-state index contributed by atoms with van der Waals surface area (Å²) >= 11 is 0. The number of hydrogen-bond donors (Lipinski definition) is 1. The third-order valence-corrected chi connectivity index (χ3v) is 2.39. The van der Waals surface area contributed by atoms with Crippen molar-refractivity contribution in [3.05, 3.63) is 11.7 Å². The summed E-state index contributed by atoms with van der Waals surface area (Å²) in [7, 11) is 1.64. The number of hydrogen-bond acceptors (Lipinski definition) is 6. The van der Waals surface area contributed by atoms with Gasteiger partial charge in [-0.3, -0.25) is 0 Å². The molecule has 2 N–H and O–H groups in total. The number of rotatable bonds is 8. The Morgan fingerprint density at radius 2 is 2.06 bits per heavy atom. The van der Waals surface area contributed by atoms with E-state index in [0.717, 1.165) is 0 Å². The van der Waals surface area contributed by atoms with Gasteiger partial charge in [-0.1, -0.05) is 19.0 Å². The lowest BCUT2D eigenvalue weighted by Gasteiger charge is -2.09. The van der Waals surface area contributed by atoms with E-state index in [9.17, 15) is 0 Å². The largest absolute Gasteiger partial charge is 0.382 e. The van der Waals surface area contributed by atoms with Crippen LogP contribution in [0.2, 0.25) is 0 Å². The molecule has 1 rings (SSSR count). The molecule has 0 aliphatic rings. The smallest absolute Gasteiger partial charge is 0.243 e. The van der Waals surface area contributed by atoms with Crippen LogP contribution in [0.5, 0.6) is 0 Å². The van der Waals surface area contributed by atoms with Gasteiger partial charge in [0.2, 0.25) is 5.89 Å². The summed E-state index contributed by atoms with van der Waals surface area (Å²) in [6.07, 6.45) is 0.623. The predicted octanol–water partition coefficient (Wildman–Crippen LogP) is 0.931. The van der Waals surface area contributed by atoms with Crippen LogP contribution in [0.4, 0.5) is 0 Å². The van der Waals surface area contributed by atoms with Gasteiger partial charge in [-0.2, -0.15) is 4.98 Å². The summed E-state index contributed by atoms with van der Waals surface area (Å²) in [6.45, 7) is 5.76. The molecule has 1 atom stereocenters. The number of nitrogens with zero attached hydrogens (tertiary/aromatic N) is 2. The van der Waals surface area contributed by atoms with Gasteiger partial charge < -0.3 is 19.7 Å². The Morgan fingerprint density at radius 3 is 2.71 bits per heavy atom. The van der Waals surface area contributed by atoms with Crippen molar-refractivity contribution >= 4 is 0 Å². The van der Waals surface area contributed by atoms with Crippen molar-refractivity contribution < 1.29 is 14.0 Å². The average molecular weight is 243 g/mol. The summed E-state index contributed by atoms with van der Waals surface area (Å²) in [4.78, 5) is 4.24. The fourth-order valence-corrected chi connectivity index (χ4v) is 1.20. The van der Waals surface area contributed by atoms with Gasteiger partial charge in [-0.15, -0.1) is 0 Å². The molecule has 0 aliphatic heterocycles. The molecule has 6 nitrogen and oxygen atoms in total. The molecule has 0 aromatic carbocycles. The van der Waals surface area contributed by atoms with Crippen LogP contribution in [0.3, 0.4) is 0 Å². The minimum Gasteiger partial charge on any atom is -0.382 e. The lowest BCUT2D eigenvalue weighted by Crippen LogP contribution is -2.17. The summed E-state index contributed by atoms with van der Waals surface area (Å²) in [5.41, 5.74) is 5.90. The molecule has 98 valence electrons. The highest BCUT2D eigenvalue weighted by atomic mass is 16.5. The highest BCUT2D eigenvalue weighted by molar-refractivity contribution is 4.93. The molecule has 0 saturated carbocycles. The summed E-state index contributed by atoms with van der Waals surface area (Å²) in [5.74, 6) is 1.40. The second kappa shape index (κ2) is 7.37. The van der Waals surface area contributed by atoms with E-state index >= 15 is 0 Å². The van der Waals surface area contributed by atoms with E-state index in [0.29, 0.717) is 38.0 Å². The number of nitrogens with two attached hydrogens (primary N) is 1. The van der Waals surface area contributed by atoms with E-state index in [2.05, 4.69) is 10.1 Å². The Balaban J connectivity index is 2.31. The highest BCUT2D eigenvalue weighted by Crippen LogP contribution is 2.16. The lowest BCUT2D eigenvalue weighted by molar-refractivity contribution is 0.0714. The van der Waals surface area contributed by atoms with Crippen LogP contribution in [-0.2, 0) is 15.9 Å². The number of ether oxygens (including phenoxy) is 2. The molecule has 0 amide bonds. The molecule has 6 heteroatoms. The van der Waals surface area contributed by atoms with Gasteiger partial charge in [0.1, 0.15) is 0 Å². The average Bonchev–Trinajstić information content (AvgIpc) is 2.76. The molecule has 0 radical (unpaired) electrons. The van der Waals surface area contributed by atoms with Gasteiger partial charge >= 0.3 is 0 Å². The summed E-state index contributed by atoms with van der Waals surface area (Å²) in [6, 6.07) is -0.203. The maximum Gasteiger partial charge on any atom is 0.243 e. The Kier molecular flexibility index (Phi) is 6.10. The normalized spacial score (nSPS) is 13.2. The molecule has 0 bridgehead atoms. The van der Waals surface area contributed by atoms with E-state index in [1.807, 2.05) is 13.8 Å². The molecule has 1 aromatic heterocycles. The van der Waals surface area contributed by atoms with Crippen molar-refractivity contribution in [1.29, 1.82) is 0 Å². The second-order valence-corrected chi connectivity index (χ2v) is 4.17. The Morgan fingerprint density at radius 1 is 1.29 bits per heavy atom. The molecule has 1 heterocycles. The summed E-state index contributed by atoms with van der Waals surface area (Å²) < 4.78 is 15.3. The minimum absolute atomic E-state index is 0.203. The molecule has 0 saturated heterocycles. The molecule has 17 heavy (non-hydrogen) atoms. The zero-order valence-corrected chi connectivity index (χ0v) is 10.7. The third kappa shape index (κ3) is 4.80. The van der Waals surface area contributed by atoms with Crippen molar-refractivity contribution in [2.24, 2.45) is 11.7 Å². The van der Waals surface area contributed by atoms with E-state index in [1.54, 1.807) is 7.11 Å². The fourth-order valence-electron chi connectivity index (χ4n) is 1.20. The van der Waals surface area contributed by atoms with Crippen LogP contribution < -0.4 is 5.73 Å². The first-order valence-electron chi connectivity index (χ1n) is 5.80. The molecule has 1 aromatic rings. The van der Waals surface area contributed by atoms with Gasteiger partial charge in [0.05, 0.1) is 25.9 Å². The zero-order valence-electron chi connectivity index (χ0n) is 10.7. The van der Waals surface area contributed by atoms with Crippen molar-refractivity contribution in [2.75, 3.05) is 26.9 Å². The van der Waals surface area contributed by atoms with Crippen LogP contribution in [0, 0.1) is 5.92 Å². The minimum atomic E-state index is -0.203. The van der Waals surface area contributed by atoms with Crippen molar-refractivity contribution in [2.45, 2.75) is 26.3 Å². The number of methoxy groups -OCH3 is 1. The zero-order chi connectivity index (χ0) is 12.7. The maximum atomic E-state index is 5.90. The van der Waals surface area contributed by atoms with Crippen LogP contribution in [0.1, 0.15) is 31.6 Å². The van der Waals surface area contributed by atoms with Crippen molar-refractivity contribution in [1.82, 2.24) is 10.1 Å². The van der Waals surface area contributed by atoms with Gasteiger partial charge in [-0.25, -0.2) is 0 Å². The third-order valence-electron chi connectivity index (χ3n) is 2.39. The Hall–Kier alpha value is -0.980. The van der Waals surface area contributed by atoms with Gasteiger partial charge in [0, 0.05) is 13.5 Å². The van der Waals surface area contributed by atoms with Gasteiger partial charge in [0.15, 0.2) is 5.82 Å². The maximum absolute atomic E-state index is 5.90. The quantitative estimate of drug-likeness (QED) is 0.684. The van der Waals surface area contributed by atoms with E-state index in [-0.39, 0.29) is 12.0 Å². The fraction of sp³-hybridized carbons (Fsp3) is 0.818. The van der Waals surface area contributed by atoms with Gasteiger partial charge in [0.25, 0.3) is 0 Å². The standard InChI is InChI=1S/C11H21N3O3/c1-8(2)10(12)11-13-9(14-17-11)4-5-16-7-6-15-3/h8,10H,4-7,12H2,1-3H3/t10-/m0/s1. The Bertz CT molecular complexity index is 315. The summed E-state index contributed by atoms with van der Waals surface area (Å²) in [5, 5.41) is 3.86. The Labute approximate surface area is 101 Å². The SMILES string of the molecule is COCCOCCc1noc([C@@H](N)C(C)C)n1. The molecular weight excluding hydrogens is 222 g/mol. The van der Waals surface area contributed by atoms with Crippen molar-refractivity contribution in [3.63, 3.8) is 0 Å². The lowest BCUT2D eigenvalue weighted by atomic mass is 10.1. The van der Waals surface area contributed by atoms with Crippen LogP contribution in [0.15, 0.2) is 4.52 Å². The van der Waals surface area contributed by atoms with E-state index in [4.69, 9.17) is 19.7 Å². The second-order valence-electron chi connectivity index (χ2n) is 4.17. The molecule has 0 spiro atoms. The monoisotopic (exact) mass is 243 g/mol. The first-order valence-corrected chi connectivity index (χ1v) is 5.80. The van der Waals surface area contributed by atoms with Crippen molar-refractivity contribution in [3.8, 4) is 0 Å². The van der Waals surface area contributed by atoms with Crippen LogP contribution >= 0.6 is 0 Å². The highest BCUT2D eigenvalue weighted by Gasteiger charge is 2.17. The first-order chi connectivity index (χ1) is 8.15. The predicted molar refractivity (Wildman–Crippen MR) is 62.5 cm³/mol. The topological polar surface area (TPSA) is 83.4 Å². The van der Waals surface area contributed by atoms with Crippen LogP contribution in [0.25, 0.3) is 0 Å². The molecular formula is C11H21N3O3. The van der Waals surface area contributed by atoms with Gasteiger partial charge in [-0.05, 0) is 5.92 Å². The number of aromatic nitrogens is 2. The van der Waals surface area contributed by atoms with Crippen LogP contribution in [-0.4, -0.2) is 37.1 Å². The van der Waals surface area contributed by atoms with E-state index < -0.39 is 0 Å². The van der Waals surface area contributed by atoms with E-state index in [1.165, 1.54) is 0 Å². The molecule has 0 aliphatic carbocycles. The molecule has 0 fully saturated rings. The first kappa shape index (κ1) is 14.1. The molecule has 0 unspecified atom stereocenters.